The molecule has 0 heterocycles. The van der Waals surface area contributed by atoms with E-state index in [9.17, 15) is 5.11 Å². The lowest BCUT2D eigenvalue weighted by Crippen LogP contribution is -1.98. The summed E-state index contributed by atoms with van der Waals surface area (Å²) < 4.78 is 10.1. The highest BCUT2D eigenvalue weighted by atomic mass is 16.5. The summed E-state index contributed by atoms with van der Waals surface area (Å²) in [4.78, 5) is 0. The van der Waals surface area contributed by atoms with E-state index in [2.05, 4.69) is 5.32 Å². The Morgan fingerprint density at radius 2 is 2.00 bits per heavy atom. The van der Waals surface area contributed by atoms with Crippen LogP contribution < -0.4 is 14.8 Å². The third-order valence-electron chi connectivity index (χ3n) is 1.84. The van der Waals surface area contributed by atoms with Gasteiger partial charge in [0.15, 0.2) is 11.5 Å². The first kappa shape index (κ1) is 10.5. The standard InChI is InChI=1S/C10H15NO3/c1-4-11-7-5-8(12)10(14-3)9(6-7)13-2/h5-6,11-12H,4H2,1-3H3. The van der Waals surface area contributed by atoms with Gasteiger partial charge in [-0.2, -0.15) is 0 Å². The molecule has 0 unspecified atom stereocenters. The Balaban J connectivity index is 3.10. The monoisotopic (exact) mass is 197 g/mol. The molecule has 0 saturated carbocycles. The summed E-state index contributed by atoms with van der Waals surface area (Å²) in [7, 11) is 3.03. The molecule has 1 aromatic carbocycles. The number of ether oxygens (including phenoxy) is 2. The summed E-state index contributed by atoms with van der Waals surface area (Å²) in [6.07, 6.45) is 0. The van der Waals surface area contributed by atoms with E-state index in [1.165, 1.54) is 14.2 Å². The maximum Gasteiger partial charge on any atom is 0.203 e. The van der Waals surface area contributed by atoms with Crippen LogP contribution >= 0.6 is 0 Å². The van der Waals surface area contributed by atoms with Gasteiger partial charge in [0.05, 0.1) is 14.2 Å². The van der Waals surface area contributed by atoms with E-state index in [1.807, 2.05) is 6.92 Å². The van der Waals surface area contributed by atoms with Crippen molar-refractivity contribution in [2.45, 2.75) is 6.92 Å². The van der Waals surface area contributed by atoms with E-state index < -0.39 is 0 Å². The van der Waals surface area contributed by atoms with Gasteiger partial charge in [-0.1, -0.05) is 0 Å². The van der Waals surface area contributed by atoms with Crippen LogP contribution in [0, 0.1) is 0 Å². The van der Waals surface area contributed by atoms with Crippen LogP contribution in [0.25, 0.3) is 0 Å². The topological polar surface area (TPSA) is 50.7 Å². The largest absolute Gasteiger partial charge is 0.504 e. The van der Waals surface area contributed by atoms with Gasteiger partial charge in [-0.15, -0.1) is 0 Å². The van der Waals surface area contributed by atoms with E-state index in [-0.39, 0.29) is 5.75 Å². The number of benzene rings is 1. The number of hydrogen-bond acceptors (Lipinski definition) is 4. The molecule has 0 fully saturated rings. The molecule has 0 aliphatic carbocycles. The minimum absolute atomic E-state index is 0.0720. The highest BCUT2D eigenvalue weighted by Gasteiger charge is 2.10. The molecule has 0 bridgehead atoms. The lowest BCUT2D eigenvalue weighted by Gasteiger charge is -2.12. The van der Waals surface area contributed by atoms with Crippen molar-refractivity contribution in [2.24, 2.45) is 0 Å². The van der Waals surface area contributed by atoms with Crippen LogP contribution in [0.5, 0.6) is 17.2 Å². The molecule has 0 atom stereocenters. The summed E-state index contributed by atoms with van der Waals surface area (Å²) in [6, 6.07) is 3.38. The Morgan fingerprint density at radius 3 is 2.50 bits per heavy atom. The molecule has 0 aliphatic rings. The summed E-state index contributed by atoms with van der Waals surface area (Å²) in [5, 5.41) is 12.7. The van der Waals surface area contributed by atoms with Crippen LogP contribution in [-0.4, -0.2) is 25.9 Å². The number of rotatable bonds is 4. The molecule has 4 nitrogen and oxygen atoms in total. The molecule has 0 spiro atoms. The Bertz CT molecular complexity index is 312. The van der Waals surface area contributed by atoms with Crippen molar-refractivity contribution >= 4 is 5.69 Å². The zero-order valence-corrected chi connectivity index (χ0v) is 8.63. The highest BCUT2D eigenvalue weighted by molar-refractivity contribution is 5.61. The average Bonchev–Trinajstić information content (AvgIpc) is 2.17. The second kappa shape index (κ2) is 4.60. The van der Waals surface area contributed by atoms with Crippen molar-refractivity contribution in [3.05, 3.63) is 12.1 Å². The van der Waals surface area contributed by atoms with E-state index in [0.717, 1.165) is 12.2 Å². The van der Waals surface area contributed by atoms with E-state index in [1.54, 1.807) is 12.1 Å². The number of anilines is 1. The van der Waals surface area contributed by atoms with Crippen LogP contribution in [0.15, 0.2) is 12.1 Å². The molecule has 0 aliphatic heterocycles. The highest BCUT2D eigenvalue weighted by Crippen LogP contribution is 2.38. The summed E-state index contributed by atoms with van der Waals surface area (Å²) in [6.45, 7) is 2.77. The number of phenols is 1. The zero-order chi connectivity index (χ0) is 10.6. The third kappa shape index (κ3) is 2.02. The van der Waals surface area contributed by atoms with Crippen LogP contribution in [0.1, 0.15) is 6.92 Å². The van der Waals surface area contributed by atoms with Gasteiger partial charge in [0.1, 0.15) is 0 Å². The van der Waals surface area contributed by atoms with E-state index in [4.69, 9.17) is 9.47 Å². The van der Waals surface area contributed by atoms with E-state index in [0.29, 0.717) is 11.5 Å². The third-order valence-corrected chi connectivity index (χ3v) is 1.84. The predicted octanol–water partition coefficient (Wildman–Crippen LogP) is 1.84. The summed E-state index contributed by atoms with van der Waals surface area (Å²) in [5.74, 6) is 0.945. The fourth-order valence-corrected chi connectivity index (χ4v) is 1.25. The fraction of sp³-hybridized carbons (Fsp3) is 0.400. The molecular weight excluding hydrogens is 182 g/mol. The normalized spacial score (nSPS) is 9.64. The molecule has 0 amide bonds. The number of aromatic hydroxyl groups is 1. The van der Waals surface area contributed by atoms with Gasteiger partial charge in [0, 0.05) is 24.4 Å². The van der Waals surface area contributed by atoms with Gasteiger partial charge in [-0.25, -0.2) is 0 Å². The second-order valence-corrected chi connectivity index (χ2v) is 2.76. The van der Waals surface area contributed by atoms with Gasteiger partial charge in [0.25, 0.3) is 0 Å². The van der Waals surface area contributed by atoms with Crippen molar-refractivity contribution in [3.8, 4) is 17.2 Å². The van der Waals surface area contributed by atoms with Gasteiger partial charge < -0.3 is 19.9 Å². The molecule has 0 radical (unpaired) electrons. The first-order valence-electron chi connectivity index (χ1n) is 4.41. The molecule has 4 heteroatoms. The lowest BCUT2D eigenvalue weighted by molar-refractivity contribution is 0.333. The van der Waals surface area contributed by atoms with Crippen molar-refractivity contribution in [3.63, 3.8) is 0 Å². The maximum absolute atomic E-state index is 9.58. The molecule has 78 valence electrons. The van der Waals surface area contributed by atoms with Gasteiger partial charge in [-0.05, 0) is 6.92 Å². The zero-order valence-electron chi connectivity index (χ0n) is 8.63. The average molecular weight is 197 g/mol. The van der Waals surface area contributed by atoms with Crippen LogP contribution in [0.4, 0.5) is 5.69 Å². The number of nitrogens with one attached hydrogen (secondary N) is 1. The Labute approximate surface area is 83.5 Å². The van der Waals surface area contributed by atoms with Crippen LogP contribution in [0.2, 0.25) is 0 Å². The smallest absolute Gasteiger partial charge is 0.203 e. The lowest BCUT2D eigenvalue weighted by atomic mass is 10.2. The number of hydrogen-bond donors (Lipinski definition) is 2. The molecule has 1 rings (SSSR count). The Hall–Kier alpha value is -1.58. The molecule has 0 aromatic heterocycles. The van der Waals surface area contributed by atoms with Gasteiger partial charge in [-0.3, -0.25) is 0 Å². The Kier molecular flexibility index (Phi) is 3.45. The number of phenolic OH excluding ortho intramolecular Hbond substituents is 1. The fourth-order valence-electron chi connectivity index (χ4n) is 1.25. The summed E-state index contributed by atoms with van der Waals surface area (Å²) in [5.41, 5.74) is 0.808. The molecule has 2 N–H and O–H groups in total. The SMILES string of the molecule is CCNc1cc(O)c(OC)c(OC)c1. The molecule has 14 heavy (non-hydrogen) atoms. The van der Waals surface area contributed by atoms with Crippen LogP contribution in [0.3, 0.4) is 0 Å². The van der Waals surface area contributed by atoms with E-state index >= 15 is 0 Å². The van der Waals surface area contributed by atoms with Crippen molar-refractivity contribution in [1.82, 2.24) is 0 Å². The molecule has 1 aromatic rings. The maximum atomic E-state index is 9.58. The quantitative estimate of drug-likeness (QED) is 0.773. The molecule has 0 saturated heterocycles. The first-order valence-corrected chi connectivity index (χ1v) is 4.41. The number of methoxy groups -OCH3 is 2. The minimum atomic E-state index is 0.0720. The second-order valence-electron chi connectivity index (χ2n) is 2.76. The van der Waals surface area contributed by atoms with Crippen molar-refractivity contribution < 1.29 is 14.6 Å². The Morgan fingerprint density at radius 1 is 1.29 bits per heavy atom. The van der Waals surface area contributed by atoms with Crippen molar-refractivity contribution in [1.29, 1.82) is 0 Å². The predicted molar refractivity (Wildman–Crippen MR) is 55.4 cm³/mol. The first-order chi connectivity index (χ1) is 6.72. The van der Waals surface area contributed by atoms with Crippen molar-refractivity contribution in [2.75, 3.05) is 26.1 Å². The summed E-state index contributed by atoms with van der Waals surface area (Å²) >= 11 is 0. The molecular formula is C10H15NO3. The minimum Gasteiger partial charge on any atom is -0.504 e. The van der Waals surface area contributed by atoms with Gasteiger partial charge >= 0.3 is 0 Å². The van der Waals surface area contributed by atoms with Crippen LogP contribution in [-0.2, 0) is 0 Å². The van der Waals surface area contributed by atoms with Gasteiger partial charge in [0.2, 0.25) is 5.75 Å².